The average Bonchev–Trinajstić information content (AvgIpc) is 2.72. The van der Waals surface area contributed by atoms with Crippen molar-refractivity contribution in [3.8, 4) is 0 Å². The second-order valence-electron chi connectivity index (χ2n) is 8.79. The molecule has 0 atom stereocenters. The Balaban J connectivity index is 2.22. The van der Waals surface area contributed by atoms with Crippen molar-refractivity contribution in [3.05, 3.63) is 84.7 Å². The minimum Gasteiger partial charge on any atom is -0.460 e. The van der Waals surface area contributed by atoms with E-state index in [2.05, 4.69) is 13.2 Å². The van der Waals surface area contributed by atoms with Crippen LogP contribution in [0.15, 0.2) is 72.7 Å². The SMILES string of the molecule is C=CCCCN(CC(=C)c1cccc(CC(=O)OC(C)(C)C)c1)S(=O)(=O)c1ccc(F)cc1. The Bertz CT molecular complexity index is 1090. The molecule has 0 saturated carbocycles. The Morgan fingerprint density at radius 1 is 1.15 bits per heavy atom. The third-order valence-corrected chi connectivity index (χ3v) is 6.60. The van der Waals surface area contributed by atoms with Crippen LogP contribution in [0.4, 0.5) is 4.39 Å². The number of hydrogen-bond acceptors (Lipinski definition) is 4. The standard InChI is InChI=1S/C26H32FNO4S/c1-6-7-8-16-28(33(30,31)24-14-12-23(27)13-15-24)19-20(2)22-11-9-10-21(17-22)18-25(29)32-26(3,4)5/h6,9-15,17H,1-2,7-8,16,18-19H2,3-5H3. The number of carbonyl (C=O) groups is 1. The predicted molar refractivity (Wildman–Crippen MR) is 130 cm³/mol. The highest BCUT2D eigenvalue weighted by molar-refractivity contribution is 7.89. The fourth-order valence-corrected chi connectivity index (χ4v) is 4.67. The summed E-state index contributed by atoms with van der Waals surface area (Å²) in [5.74, 6) is -0.839. The second kappa shape index (κ2) is 11.4. The van der Waals surface area contributed by atoms with E-state index >= 15 is 0 Å². The molecule has 0 bridgehead atoms. The third-order valence-electron chi connectivity index (χ3n) is 4.74. The molecule has 0 heterocycles. The third kappa shape index (κ3) is 8.26. The zero-order valence-corrected chi connectivity index (χ0v) is 20.3. The zero-order valence-electron chi connectivity index (χ0n) is 19.5. The van der Waals surface area contributed by atoms with Crippen LogP contribution in [0.1, 0.15) is 44.7 Å². The average molecular weight is 474 g/mol. The van der Waals surface area contributed by atoms with Gasteiger partial charge in [0, 0.05) is 13.1 Å². The zero-order chi connectivity index (χ0) is 24.6. The summed E-state index contributed by atoms with van der Waals surface area (Å²) in [5, 5.41) is 0. The number of rotatable bonds is 11. The van der Waals surface area contributed by atoms with Gasteiger partial charge in [-0.1, -0.05) is 36.9 Å². The minimum atomic E-state index is -3.85. The van der Waals surface area contributed by atoms with E-state index in [1.54, 1.807) is 12.1 Å². The first-order valence-corrected chi connectivity index (χ1v) is 12.2. The van der Waals surface area contributed by atoms with Gasteiger partial charge in [-0.25, -0.2) is 12.8 Å². The second-order valence-corrected chi connectivity index (χ2v) is 10.7. The first kappa shape index (κ1) is 26.5. The van der Waals surface area contributed by atoms with Gasteiger partial charge >= 0.3 is 5.97 Å². The van der Waals surface area contributed by atoms with Crippen molar-refractivity contribution in [2.75, 3.05) is 13.1 Å². The van der Waals surface area contributed by atoms with Gasteiger partial charge in [-0.3, -0.25) is 4.79 Å². The summed E-state index contributed by atoms with van der Waals surface area (Å²) in [6.45, 7) is 13.5. The molecule has 0 unspecified atom stereocenters. The van der Waals surface area contributed by atoms with E-state index in [9.17, 15) is 17.6 Å². The number of allylic oxidation sites excluding steroid dienone is 1. The van der Waals surface area contributed by atoms with E-state index in [-0.39, 0.29) is 30.4 Å². The van der Waals surface area contributed by atoms with E-state index in [0.29, 0.717) is 18.4 Å². The Morgan fingerprint density at radius 3 is 2.42 bits per heavy atom. The number of sulfonamides is 1. The molecule has 33 heavy (non-hydrogen) atoms. The van der Waals surface area contributed by atoms with Gasteiger partial charge in [0.2, 0.25) is 10.0 Å². The molecule has 0 aliphatic rings. The number of unbranched alkanes of at least 4 members (excludes halogenated alkanes) is 1. The van der Waals surface area contributed by atoms with Crippen LogP contribution in [0.25, 0.3) is 5.57 Å². The van der Waals surface area contributed by atoms with Gasteiger partial charge < -0.3 is 4.74 Å². The van der Waals surface area contributed by atoms with Crippen molar-refractivity contribution >= 4 is 21.6 Å². The maximum Gasteiger partial charge on any atom is 0.310 e. The lowest BCUT2D eigenvalue weighted by atomic mass is 10.0. The molecule has 2 aromatic carbocycles. The van der Waals surface area contributed by atoms with Crippen molar-refractivity contribution in [3.63, 3.8) is 0 Å². The number of benzene rings is 2. The lowest BCUT2D eigenvalue weighted by Crippen LogP contribution is -2.33. The lowest BCUT2D eigenvalue weighted by Gasteiger charge is -2.23. The number of halogens is 1. The smallest absolute Gasteiger partial charge is 0.310 e. The fraction of sp³-hybridized carbons (Fsp3) is 0.346. The molecule has 0 fully saturated rings. The molecule has 0 aliphatic carbocycles. The number of ether oxygens (including phenoxy) is 1. The van der Waals surface area contributed by atoms with Gasteiger partial charge in [-0.2, -0.15) is 4.31 Å². The summed E-state index contributed by atoms with van der Waals surface area (Å²) in [6.07, 6.45) is 3.09. The van der Waals surface area contributed by atoms with E-state index < -0.39 is 21.4 Å². The van der Waals surface area contributed by atoms with Crippen LogP contribution < -0.4 is 0 Å². The summed E-state index contributed by atoms with van der Waals surface area (Å²) in [5.41, 5.74) is 1.51. The quantitative estimate of drug-likeness (QED) is 0.250. The minimum absolute atomic E-state index is 0.0222. The molecule has 0 aromatic heterocycles. The number of carbonyl (C=O) groups excluding carboxylic acids is 1. The van der Waals surface area contributed by atoms with Gasteiger partial charge in [-0.05, 0) is 74.6 Å². The van der Waals surface area contributed by atoms with Crippen molar-refractivity contribution in [2.45, 2.75) is 50.5 Å². The first-order valence-electron chi connectivity index (χ1n) is 10.8. The molecule has 0 amide bonds. The summed E-state index contributed by atoms with van der Waals surface area (Å²) in [4.78, 5) is 12.2. The summed E-state index contributed by atoms with van der Waals surface area (Å²) >= 11 is 0. The molecule has 7 heteroatoms. The van der Waals surface area contributed by atoms with Crippen LogP contribution >= 0.6 is 0 Å². The molecule has 0 saturated heterocycles. The number of nitrogens with zero attached hydrogens (tertiary/aromatic N) is 1. The van der Waals surface area contributed by atoms with Gasteiger partial charge in [0.15, 0.2) is 0 Å². The van der Waals surface area contributed by atoms with Gasteiger partial charge in [0.25, 0.3) is 0 Å². The van der Waals surface area contributed by atoms with E-state index in [1.807, 2.05) is 39.0 Å². The highest BCUT2D eigenvalue weighted by Gasteiger charge is 2.25. The largest absolute Gasteiger partial charge is 0.460 e. The maximum absolute atomic E-state index is 13.3. The highest BCUT2D eigenvalue weighted by Crippen LogP contribution is 2.23. The Morgan fingerprint density at radius 2 is 1.82 bits per heavy atom. The topological polar surface area (TPSA) is 63.7 Å². The summed E-state index contributed by atoms with van der Waals surface area (Å²) in [7, 11) is -3.85. The van der Waals surface area contributed by atoms with E-state index in [0.717, 1.165) is 23.3 Å². The molecule has 178 valence electrons. The fourth-order valence-electron chi connectivity index (χ4n) is 3.20. The molecule has 0 aliphatic heterocycles. The predicted octanol–water partition coefficient (Wildman–Crippen LogP) is 5.38. The Labute approximate surface area is 196 Å². The number of esters is 1. The van der Waals surface area contributed by atoms with Gasteiger partial charge in [0.05, 0.1) is 11.3 Å². The molecule has 0 spiro atoms. The van der Waals surface area contributed by atoms with Crippen molar-refractivity contribution in [2.24, 2.45) is 0 Å². The molecular weight excluding hydrogens is 441 g/mol. The van der Waals surface area contributed by atoms with E-state index in [4.69, 9.17) is 4.74 Å². The normalized spacial score (nSPS) is 11.9. The monoisotopic (exact) mass is 473 g/mol. The van der Waals surface area contributed by atoms with E-state index in [1.165, 1.54) is 16.4 Å². The van der Waals surface area contributed by atoms with Crippen LogP contribution in [0.5, 0.6) is 0 Å². The van der Waals surface area contributed by atoms with Crippen LogP contribution in [-0.2, 0) is 26.0 Å². The Hall–Kier alpha value is -2.77. The van der Waals surface area contributed by atoms with Crippen LogP contribution in [-0.4, -0.2) is 37.4 Å². The van der Waals surface area contributed by atoms with Crippen molar-refractivity contribution < 1.29 is 22.3 Å². The molecule has 2 aromatic rings. The first-order chi connectivity index (χ1) is 15.4. The summed E-state index contributed by atoms with van der Waals surface area (Å²) in [6, 6.07) is 12.0. The van der Waals surface area contributed by atoms with Gasteiger partial charge in [-0.15, -0.1) is 6.58 Å². The van der Waals surface area contributed by atoms with Crippen molar-refractivity contribution in [1.82, 2.24) is 4.31 Å². The molecule has 0 radical (unpaired) electrons. The number of hydrogen-bond donors (Lipinski definition) is 0. The lowest BCUT2D eigenvalue weighted by molar-refractivity contribution is -0.153. The van der Waals surface area contributed by atoms with Crippen molar-refractivity contribution in [1.29, 1.82) is 0 Å². The molecule has 2 rings (SSSR count). The maximum atomic E-state index is 13.3. The molecular formula is C26H32FNO4S. The molecule has 5 nitrogen and oxygen atoms in total. The van der Waals surface area contributed by atoms with Crippen LogP contribution in [0.3, 0.4) is 0 Å². The van der Waals surface area contributed by atoms with Gasteiger partial charge in [0.1, 0.15) is 11.4 Å². The van der Waals surface area contributed by atoms with Crippen LogP contribution in [0.2, 0.25) is 0 Å². The summed E-state index contributed by atoms with van der Waals surface area (Å²) < 4.78 is 46.5. The highest BCUT2D eigenvalue weighted by atomic mass is 32.2. The molecule has 0 N–H and O–H groups in total. The Kier molecular flexibility index (Phi) is 9.14. The van der Waals surface area contributed by atoms with Crippen LogP contribution in [0, 0.1) is 5.82 Å².